The number of carbonyl (C=O) groups excluding carboxylic acids is 2. The smallest absolute Gasteiger partial charge is 0.257 e. The Hall–Kier alpha value is -1.91. The van der Waals surface area contributed by atoms with E-state index in [0.29, 0.717) is 12.5 Å². The van der Waals surface area contributed by atoms with Crippen LogP contribution in [0.5, 0.6) is 5.75 Å². The highest BCUT2D eigenvalue weighted by molar-refractivity contribution is 5.94. The average Bonchev–Trinajstić information content (AvgIpc) is 2.36. The molecule has 4 nitrogen and oxygen atoms in total. The molecule has 0 aliphatic carbocycles. The van der Waals surface area contributed by atoms with Crippen molar-refractivity contribution >= 4 is 11.7 Å². The standard InChI is InChI=1S/C15H20FNO3/c1-10(2)6-7-17-15(19)9-20-14-5-4-12(11(3)18)8-13(14)16/h4-5,8,10H,6-7,9H2,1-3H3,(H,17,19). The van der Waals surface area contributed by atoms with Gasteiger partial charge in [0.2, 0.25) is 0 Å². The molecule has 110 valence electrons. The molecule has 0 saturated heterocycles. The minimum atomic E-state index is -0.646. The highest BCUT2D eigenvalue weighted by Crippen LogP contribution is 2.18. The van der Waals surface area contributed by atoms with Crippen LogP contribution in [-0.4, -0.2) is 24.8 Å². The van der Waals surface area contributed by atoms with Crippen LogP contribution < -0.4 is 10.1 Å². The fraction of sp³-hybridized carbons (Fsp3) is 0.467. The number of hydrogen-bond donors (Lipinski definition) is 1. The molecule has 1 rings (SSSR count). The summed E-state index contributed by atoms with van der Waals surface area (Å²) in [5.74, 6) is -0.683. The number of Topliss-reactive ketones (excluding diaryl/α,β-unsaturated/α-hetero) is 1. The van der Waals surface area contributed by atoms with E-state index in [0.717, 1.165) is 12.5 Å². The normalized spacial score (nSPS) is 10.4. The lowest BCUT2D eigenvalue weighted by atomic mass is 10.1. The summed E-state index contributed by atoms with van der Waals surface area (Å²) in [4.78, 5) is 22.5. The van der Waals surface area contributed by atoms with Gasteiger partial charge in [0.15, 0.2) is 24.0 Å². The number of benzene rings is 1. The van der Waals surface area contributed by atoms with Gasteiger partial charge in [-0.05, 0) is 37.5 Å². The number of ketones is 1. The third kappa shape index (κ3) is 5.38. The first-order valence-corrected chi connectivity index (χ1v) is 6.60. The van der Waals surface area contributed by atoms with Gasteiger partial charge in [0.25, 0.3) is 5.91 Å². The second-order valence-electron chi connectivity index (χ2n) is 5.02. The Labute approximate surface area is 118 Å². The summed E-state index contributed by atoms with van der Waals surface area (Å²) >= 11 is 0. The summed E-state index contributed by atoms with van der Waals surface area (Å²) in [6.45, 7) is 5.82. The van der Waals surface area contributed by atoms with E-state index < -0.39 is 5.82 Å². The first kappa shape index (κ1) is 16.1. The molecule has 1 amide bonds. The molecule has 1 N–H and O–H groups in total. The van der Waals surface area contributed by atoms with Crippen molar-refractivity contribution in [3.63, 3.8) is 0 Å². The maximum absolute atomic E-state index is 13.6. The van der Waals surface area contributed by atoms with Crippen molar-refractivity contribution < 1.29 is 18.7 Å². The van der Waals surface area contributed by atoms with Gasteiger partial charge in [-0.2, -0.15) is 0 Å². The molecule has 0 unspecified atom stereocenters. The minimum Gasteiger partial charge on any atom is -0.481 e. The summed E-state index contributed by atoms with van der Waals surface area (Å²) in [7, 11) is 0. The minimum absolute atomic E-state index is 0.0333. The van der Waals surface area contributed by atoms with Crippen molar-refractivity contribution in [3.8, 4) is 5.75 Å². The highest BCUT2D eigenvalue weighted by atomic mass is 19.1. The van der Waals surface area contributed by atoms with E-state index in [4.69, 9.17) is 4.74 Å². The second kappa shape index (κ2) is 7.62. The molecule has 0 aromatic heterocycles. The molecule has 0 bridgehead atoms. The molecular weight excluding hydrogens is 261 g/mol. The molecule has 1 aromatic rings. The lowest BCUT2D eigenvalue weighted by Crippen LogP contribution is -2.30. The molecule has 0 fully saturated rings. The predicted octanol–water partition coefficient (Wildman–Crippen LogP) is 2.57. The zero-order valence-corrected chi connectivity index (χ0v) is 12.0. The molecule has 0 aliphatic heterocycles. The summed E-state index contributed by atoms with van der Waals surface area (Å²) in [5, 5.41) is 2.69. The number of hydrogen-bond acceptors (Lipinski definition) is 3. The van der Waals surface area contributed by atoms with Crippen molar-refractivity contribution in [2.75, 3.05) is 13.2 Å². The average molecular weight is 281 g/mol. The molecule has 0 atom stereocenters. The van der Waals surface area contributed by atoms with Crippen LogP contribution in [0.4, 0.5) is 4.39 Å². The van der Waals surface area contributed by atoms with E-state index in [1.54, 1.807) is 0 Å². The van der Waals surface area contributed by atoms with Crippen LogP contribution in [0.1, 0.15) is 37.6 Å². The fourth-order valence-corrected chi connectivity index (χ4v) is 1.53. The van der Waals surface area contributed by atoms with Gasteiger partial charge in [-0.3, -0.25) is 9.59 Å². The zero-order valence-electron chi connectivity index (χ0n) is 12.0. The van der Waals surface area contributed by atoms with Crippen molar-refractivity contribution in [3.05, 3.63) is 29.6 Å². The SMILES string of the molecule is CC(=O)c1ccc(OCC(=O)NCCC(C)C)c(F)c1. The molecule has 0 aliphatic rings. The third-order valence-corrected chi connectivity index (χ3v) is 2.74. The summed E-state index contributed by atoms with van der Waals surface area (Å²) in [5.41, 5.74) is 0.274. The van der Waals surface area contributed by atoms with Gasteiger partial charge >= 0.3 is 0 Å². The number of ether oxygens (including phenoxy) is 1. The van der Waals surface area contributed by atoms with Gasteiger partial charge in [-0.15, -0.1) is 0 Å². The molecule has 20 heavy (non-hydrogen) atoms. The Morgan fingerprint density at radius 3 is 2.60 bits per heavy atom. The zero-order chi connectivity index (χ0) is 15.1. The first-order valence-electron chi connectivity index (χ1n) is 6.60. The van der Waals surface area contributed by atoms with Gasteiger partial charge in [-0.1, -0.05) is 13.8 Å². The van der Waals surface area contributed by atoms with Crippen LogP contribution >= 0.6 is 0 Å². The largest absolute Gasteiger partial charge is 0.481 e. The van der Waals surface area contributed by atoms with Crippen LogP contribution in [0.3, 0.4) is 0 Å². The first-order chi connectivity index (χ1) is 9.40. The van der Waals surface area contributed by atoms with Gasteiger partial charge in [0, 0.05) is 12.1 Å². The Morgan fingerprint density at radius 2 is 2.05 bits per heavy atom. The summed E-state index contributed by atoms with van der Waals surface area (Å²) < 4.78 is 18.7. The quantitative estimate of drug-likeness (QED) is 0.781. The molecule has 0 heterocycles. The second-order valence-corrected chi connectivity index (χ2v) is 5.02. The van der Waals surface area contributed by atoms with Crippen LogP contribution in [-0.2, 0) is 4.79 Å². The van der Waals surface area contributed by atoms with Gasteiger partial charge in [0.1, 0.15) is 0 Å². The Balaban J connectivity index is 2.45. The number of amides is 1. The van der Waals surface area contributed by atoms with Crippen LogP contribution in [0.2, 0.25) is 0 Å². The fourth-order valence-electron chi connectivity index (χ4n) is 1.53. The Bertz CT molecular complexity index is 486. The lowest BCUT2D eigenvalue weighted by molar-refractivity contribution is -0.123. The maximum Gasteiger partial charge on any atom is 0.257 e. The summed E-state index contributed by atoms with van der Waals surface area (Å²) in [6, 6.07) is 3.93. The molecular formula is C15H20FNO3. The molecule has 0 radical (unpaired) electrons. The summed E-state index contributed by atoms with van der Waals surface area (Å²) in [6.07, 6.45) is 0.882. The molecule has 0 saturated carbocycles. The van der Waals surface area contributed by atoms with E-state index in [2.05, 4.69) is 19.2 Å². The highest BCUT2D eigenvalue weighted by Gasteiger charge is 2.09. The number of nitrogens with one attached hydrogen (secondary N) is 1. The Morgan fingerprint density at radius 1 is 1.35 bits per heavy atom. The van der Waals surface area contributed by atoms with Crippen molar-refractivity contribution in [1.29, 1.82) is 0 Å². The van der Waals surface area contributed by atoms with Gasteiger partial charge < -0.3 is 10.1 Å². The van der Waals surface area contributed by atoms with Crippen molar-refractivity contribution in [2.45, 2.75) is 27.2 Å². The predicted molar refractivity (Wildman–Crippen MR) is 74.4 cm³/mol. The topological polar surface area (TPSA) is 55.4 Å². The Kier molecular flexibility index (Phi) is 6.15. The van der Waals surface area contributed by atoms with Crippen molar-refractivity contribution in [1.82, 2.24) is 5.32 Å². The van der Waals surface area contributed by atoms with Gasteiger partial charge in [0.05, 0.1) is 0 Å². The molecule has 1 aromatic carbocycles. The lowest BCUT2D eigenvalue weighted by Gasteiger charge is -2.09. The van der Waals surface area contributed by atoms with Crippen LogP contribution in [0.15, 0.2) is 18.2 Å². The third-order valence-electron chi connectivity index (χ3n) is 2.74. The van der Waals surface area contributed by atoms with E-state index in [-0.39, 0.29) is 29.6 Å². The monoisotopic (exact) mass is 281 g/mol. The number of rotatable bonds is 7. The van der Waals surface area contributed by atoms with Crippen LogP contribution in [0, 0.1) is 11.7 Å². The molecule has 5 heteroatoms. The van der Waals surface area contributed by atoms with Crippen LogP contribution in [0.25, 0.3) is 0 Å². The van der Waals surface area contributed by atoms with Gasteiger partial charge in [-0.25, -0.2) is 4.39 Å². The number of halogens is 1. The van der Waals surface area contributed by atoms with Crippen molar-refractivity contribution in [2.24, 2.45) is 5.92 Å². The van der Waals surface area contributed by atoms with E-state index >= 15 is 0 Å². The maximum atomic E-state index is 13.6. The van der Waals surface area contributed by atoms with E-state index in [1.807, 2.05) is 0 Å². The van der Waals surface area contributed by atoms with E-state index in [1.165, 1.54) is 19.1 Å². The number of carbonyl (C=O) groups is 2. The molecule has 0 spiro atoms. The van der Waals surface area contributed by atoms with E-state index in [9.17, 15) is 14.0 Å².